The van der Waals surface area contributed by atoms with Gasteiger partial charge in [-0.3, -0.25) is 9.59 Å². The zero-order valence-corrected chi connectivity index (χ0v) is 12.0. The van der Waals surface area contributed by atoms with E-state index >= 15 is 0 Å². The lowest BCUT2D eigenvalue weighted by Crippen LogP contribution is -1.82. The Labute approximate surface area is 132 Å². The first kappa shape index (κ1) is 16.0. The van der Waals surface area contributed by atoms with Gasteiger partial charge in [0, 0.05) is 5.39 Å². The fourth-order valence-corrected chi connectivity index (χ4v) is 2.01. The third-order valence-electron chi connectivity index (χ3n) is 3.23. The molecule has 5 nitrogen and oxygen atoms in total. The quantitative estimate of drug-likeness (QED) is 0.499. The average Bonchev–Trinajstić information content (AvgIpc) is 2.58. The van der Waals surface area contributed by atoms with Crippen LogP contribution in [-0.2, 0) is 0 Å². The maximum Gasteiger partial charge on any atom is 0.168 e. The van der Waals surface area contributed by atoms with Crippen molar-refractivity contribution in [3.63, 3.8) is 0 Å². The second-order valence-electron chi connectivity index (χ2n) is 4.68. The molecule has 0 atom stereocenters. The molecule has 0 aliphatic heterocycles. The van der Waals surface area contributed by atoms with E-state index in [4.69, 9.17) is 10.2 Å². The maximum absolute atomic E-state index is 10.5. The lowest BCUT2D eigenvalue weighted by molar-refractivity contribution is 0.111. The third-order valence-corrected chi connectivity index (χ3v) is 3.23. The minimum atomic E-state index is -0.363. The minimum Gasteiger partial charge on any atom is -0.507 e. The van der Waals surface area contributed by atoms with E-state index in [1.165, 1.54) is 18.2 Å². The fourth-order valence-electron chi connectivity index (χ4n) is 2.01. The van der Waals surface area contributed by atoms with Crippen LogP contribution in [0, 0.1) is 0 Å². The van der Waals surface area contributed by atoms with Crippen molar-refractivity contribution in [1.82, 2.24) is 0 Å². The third kappa shape index (κ3) is 3.47. The summed E-state index contributed by atoms with van der Waals surface area (Å²) in [5.74, 6) is -0.574. The van der Waals surface area contributed by atoms with Crippen molar-refractivity contribution in [3.8, 4) is 17.2 Å². The van der Waals surface area contributed by atoms with Gasteiger partial charge in [0.15, 0.2) is 24.1 Å². The van der Waals surface area contributed by atoms with Gasteiger partial charge in [-0.2, -0.15) is 0 Å². The Hall–Kier alpha value is -3.34. The summed E-state index contributed by atoms with van der Waals surface area (Å²) in [5, 5.41) is 29.0. The summed E-state index contributed by atoms with van der Waals surface area (Å²) >= 11 is 0. The van der Waals surface area contributed by atoms with Crippen molar-refractivity contribution in [2.45, 2.75) is 0 Å². The second kappa shape index (κ2) is 7.09. The molecule has 0 aliphatic carbocycles. The monoisotopic (exact) mass is 310 g/mol. The normalized spacial score (nSPS) is 9.74. The number of phenolic OH excluding ortho intramolecular Hbond substituents is 3. The highest BCUT2D eigenvalue weighted by Gasteiger charge is 2.03. The molecule has 116 valence electrons. The first-order valence-corrected chi connectivity index (χ1v) is 6.70. The van der Waals surface area contributed by atoms with Gasteiger partial charge in [0.2, 0.25) is 0 Å². The molecule has 0 saturated carbocycles. The van der Waals surface area contributed by atoms with Gasteiger partial charge in [-0.15, -0.1) is 0 Å². The highest BCUT2D eigenvalue weighted by molar-refractivity contribution is 5.95. The molecule has 0 aliphatic rings. The van der Waals surface area contributed by atoms with Crippen LogP contribution >= 0.6 is 0 Å². The van der Waals surface area contributed by atoms with Crippen LogP contribution in [0.15, 0.2) is 54.6 Å². The first-order valence-electron chi connectivity index (χ1n) is 6.70. The zero-order chi connectivity index (χ0) is 16.8. The molecule has 0 radical (unpaired) electrons. The molecule has 3 aromatic rings. The molecule has 23 heavy (non-hydrogen) atoms. The van der Waals surface area contributed by atoms with Crippen LogP contribution in [0.5, 0.6) is 17.2 Å². The van der Waals surface area contributed by atoms with E-state index < -0.39 is 0 Å². The second-order valence-corrected chi connectivity index (χ2v) is 4.68. The lowest BCUT2D eigenvalue weighted by Gasteiger charge is -2.01. The van der Waals surface area contributed by atoms with Crippen LogP contribution in [0.4, 0.5) is 0 Å². The number of para-hydroxylation sites is 1. The van der Waals surface area contributed by atoms with Crippen molar-refractivity contribution < 1.29 is 24.9 Å². The molecule has 0 heterocycles. The molecule has 0 amide bonds. The van der Waals surface area contributed by atoms with E-state index in [-0.39, 0.29) is 22.8 Å². The van der Waals surface area contributed by atoms with E-state index in [0.29, 0.717) is 23.5 Å². The molecule has 0 bridgehead atoms. The Bertz CT molecular complexity index is 855. The molecule has 0 fully saturated rings. The number of carbonyl (C=O) groups is 2. The predicted molar refractivity (Wildman–Crippen MR) is 86.2 cm³/mol. The smallest absolute Gasteiger partial charge is 0.168 e. The Morgan fingerprint density at radius 3 is 1.96 bits per heavy atom. The van der Waals surface area contributed by atoms with Crippen molar-refractivity contribution >= 4 is 23.3 Å². The van der Waals surface area contributed by atoms with Gasteiger partial charge in [0.25, 0.3) is 0 Å². The molecular formula is C18H14O5. The standard InChI is InChI=1S/C11H8O2.C7H6O3/c12-7-9-6-5-8-3-1-2-4-10(8)11(9)13;8-4-5-2-1-3-6(9)7(5)10/h1-7,13H;1-4,9-10H. The maximum atomic E-state index is 10.5. The van der Waals surface area contributed by atoms with Crippen LogP contribution in [0.25, 0.3) is 10.8 Å². The average molecular weight is 310 g/mol. The van der Waals surface area contributed by atoms with E-state index in [1.54, 1.807) is 12.1 Å². The first-order chi connectivity index (χ1) is 11.1. The van der Waals surface area contributed by atoms with Crippen molar-refractivity contribution in [3.05, 3.63) is 65.7 Å². The zero-order valence-electron chi connectivity index (χ0n) is 12.0. The molecular weight excluding hydrogens is 296 g/mol. The number of hydrogen-bond donors (Lipinski definition) is 3. The number of phenols is 3. The van der Waals surface area contributed by atoms with Gasteiger partial charge in [0.1, 0.15) is 5.75 Å². The summed E-state index contributed by atoms with van der Waals surface area (Å²) in [4.78, 5) is 20.6. The number of aromatic hydroxyl groups is 3. The van der Waals surface area contributed by atoms with E-state index in [0.717, 1.165) is 5.39 Å². The molecule has 3 rings (SSSR count). The SMILES string of the molecule is O=Cc1ccc2ccccc2c1O.O=Cc1cccc(O)c1O. The molecule has 0 spiro atoms. The van der Waals surface area contributed by atoms with Gasteiger partial charge in [0.05, 0.1) is 11.1 Å². The Kier molecular flexibility index (Phi) is 4.94. The summed E-state index contributed by atoms with van der Waals surface area (Å²) in [7, 11) is 0. The summed E-state index contributed by atoms with van der Waals surface area (Å²) in [5.41, 5.74) is 0.429. The number of carbonyl (C=O) groups excluding carboxylic acids is 2. The van der Waals surface area contributed by atoms with Crippen LogP contribution in [0.1, 0.15) is 20.7 Å². The van der Waals surface area contributed by atoms with Crippen molar-refractivity contribution in [2.24, 2.45) is 0 Å². The summed E-state index contributed by atoms with van der Waals surface area (Å²) in [6.07, 6.45) is 1.14. The highest BCUT2D eigenvalue weighted by Crippen LogP contribution is 2.27. The minimum absolute atomic E-state index is 0.0631. The lowest BCUT2D eigenvalue weighted by atomic mass is 10.1. The largest absolute Gasteiger partial charge is 0.507 e. The Morgan fingerprint density at radius 2 is 1.30 bits per heavy atom. The molecule has 0 unspecified atom stereocenters. The molecule has 0 saturated heterocycles. The Morgan fingerprint density at radius 1 is 0.652 bits per heavy atom. The summed E-state index contributed by atoms with van der Waals surface area (Å²) < 4.78 is 0. The Balaban J connectivity index is 0.000000174. The number of rotatable bonds is 2. The highest BCUT2D eigenvalue weighted by atomic mass is 16.3. The molecule has 0 aromatic heterocycles. The van der Waals surface area contributed by atoms with Crippen molar-refractivity contribution in [2.75, 3.05) is 0 Å². The van der Waals surface area contributed by atoms with Crippen LogP contribution in [0.3, 0.4) is 0 Å². The van der Waals surface area contributed by atoms with Crippen LogP contribution in [0.2, 0.25) is 0 Å². The number of fused-ring (bicyclic) bond motifs is 1. The van der Waals surface area contributed by atoms with Crippen LogP contribution < -0.4 is 0 Å². The summed E-state index contributed by atoms with van der Waals surface area (Å²) in [6.45, 7) is 0. The van der Waals surface area contributed by atoms with Gasteiger partial charge >= 0.3 is 0 Å². The summed E-state index contributed by atoms with van der Waals surface area (Å²) in [6, 6.07) is 15.0. The van der Waals surface area contributed by atoms with Gasteiger partial charge in [-0.05, 0) is 23.6 Å². The number of hydrogen-bond acceptors (Lipinski definition) is 5. The van der Waals surface area contributed by atoms with E-state index in [2.05, 4.69) is 0 Å². The van der Waals surface area contributed by atoms with Crippen LogP contribution in [-0.4, -0.2) is 27.9 Å². The predicted octanol–water partition coefficient (Wildman–Crippen LogP) is 3.27. The number of aldehydes is 2. The molecule has 5 heteroatoms. The van der Waals surface area contributed by atoms with Gasteiger partial charge in [-0.25, -0.2) is 0 Å². The van der Waals surface area contributed by atoms with Gasteiger partial charge in [-0.1, -0.05) is 36.4 Å². The van der Waals surface area contributed by atoms with E-state index in [1.807, 2.05) is 24.3 Å². The van der Waals surface area contributed by atoms with E-state index in [9.17, 15) is 14.7 Å². The van der Waals surface area contributed by atoms with Gasteiger partial charge < -0.3 is 15.3 Å². The topological polar surface area (TPSA) is 94.8 Å². The number of benzene rings is 3. The fraction of sp³-hybridized carbons (Fsp3) is 0. The molecule has 3 N–H and O–H groups in total. The van der Waals surface area contributed by atoms with Crippen molar-refractivity contribution in [1.29, 1.82) is 0 Å². The molecule has 3 aromatic carbocycles.